The average Bonchev–Trinajstić information content (AvgIpc) is 2.64. The molecule has 1 N–H and O–H groups in total. The minimum Gasteiger partial charge on any atom is -0.364 e. The van der Waals surface area contributed by atoms with E-state index in [1.807, 2.05) is 11.9 Å². The molecule has 1 aliphatic heterocycles. The summed E-state index contributed by atoms with van der Waals surface area (Å²) in [6.07, 6.45) is 1.87. The lowest BCUT2D eigenvalue weighted by Gasteiger charge is -2.32. The fourth-order valence-corrected chi connectivity index (χ4v) is 3.58. The summed E-state index contributed by atoms with van der Waals surface area (Å²) in [6, 6.07) is 5.31. The summed E-state index contributed by atoms with van der Waals surface area (Å²) >= 11 is 12.3. The molecule has 8 nitrogen and oxygen atoms in total. The van der Waals surface area contributed by atoms with Crippen LogP contribution in [0, 0.1) is 10.1 Å². The molecule has 0 unspecified atom stereocenters. The maximum absolute atomic E-state index is 11.7. The van der Waals surface area contributed by atoms with Crippen molar-refractivity contribution < 1.29 is 4.92 Å². The van der Waals surface area contributed by atoms with Crippen molar-refractivity contribution in [3.8, 4) is 0 Å². The molecule has 1 fully saturated rings. The molecule has 0 saturated carbocycles. The molecule has 1 aliphatic rings. The fraction of sp³-hybridized carbons (Fsp3) is 0.412. The lowest BCUT2D eigenvalue weighted by molar-refractivity contribution is -0.383. The molecule has 3 rings (SSSR count). The van der Waals surface area contributed by atoms with Crippen LogP contribution in [0.3, 0.4) is 0 Å². The van der Waals surface area contributed by atoms with Crippen LogP contribution in [0.5, 0.6) is 0 Å². The summed E-state index contributed by atoms with van der Waals surface area (Å²) in [7, 11) is 2.03. The summed E-state index contributed by atoms with van der Waals surface area (Å²) in [6.45, 7) is 3.43. The molecule has 1 aromatic carbocycles. The minimum atomic E-state index is -0.432. The molecule has 0 spiro atoms. The van der Waals surface area contributed by atoms with E-state index in [0.717, 1.165) is 18.7 Å². The van der Waals surface area contributed by atoms with Gasteiger partial charge in [0, 0.05) is 42.8 Å². The lowest BCUT2D eigenvalue weighted by Crippen LogP contribution is -2.45. The third-order valence-electron chi connectivity index (χ3n) is 4.52. The Labute approximate surface area is 167 Å². The quantitative estimate of drug-likeness (QED) is 0.577. The Balaban J connectivity index is 1.77. The second-order valence-corrected chi connectivity index (χ2v) is 7.13. The summed E-state index contributed by atoms with van der Waals surface area (Å²) in [5.41, 5.74) is 0.691. The van der Waals surface area contributed by atoms with E-state index in [9.17, 15) is 10.1 Å². The van der Waals surface area contributed by atoms with Gasteiger partial charge in [0.2, 0.25) is 11.6 Å². The maximum Gasteiger partial charge on any atom is 0.353 e. The molecule has 0 radical (unpaired) electrons. The van der Waals surface area contributed by atoms with Crippen molar-refractivity contribution in [3.05, 3.63) is 50.2 Å². The Hall–Kier alpha value is -2.16. The highest BCUT2D eigenvalue weighted by molar-refractivity contribution is 6.36. The van der Waals surface area contributed by atoms with Crippen molar-refractivity contribution in [2.24, 2.45) is 0 Å². The normalized spacial score (nSPS) is 15.0. The largest absolute Gasteiger partial charge is 0.364 e. The van der Waals surface area contributed by atoms with Gasteiger partial charge in [-0.3, -0.25) is 10.1 Å². The van der Waals surface area contributed by atoms with Gasteiger partial charge in [0.25, 0.3) is 0 Å². The second kappa shape index (κ2) is 8.69. The maximum atomic E-state index is 11.7. The smallest absolute Gasteiger partial charge is 0.353 e. The van der Waals surface area contributed by atoms with Crippen LogP contribution in [-0.2, 0) is 6.42 Å². The molecular formula is C17H20Cl2N6O2. The lowest BCUT2D eigenvalue weighted by atomic mass is 10.1. The van der Waals surface area contributed by atoms with E-state index >= 15 is 0 Å². The number of likely N-dealkylation sites (N-methyl/N-ethyl adjacent to an activating group) is 1. The van der Waals surface area contributed by atoms with Crippen LogP contribution in [0.2, 0.25) is 10.0 Å². The first-order chi connectivity index (χ1) is 13.0. The molecule has 144 valence electrons. The zero-order valence-electron chi connectivity index (χ0n) is 14.9. The molecule has 2 heterocycles. The number of benzene rings is 1. The van der Waals surface area contributed by atoms with Gasteiger partial charge in [-0.2, -0.15) is 0 Å². The monoisotopic (exact) mass is 410 g/mol. The number of hydrogen-bond donors (Lipinski definition) is 1. The Morgan fingerprint density at radius 2 is 1.85 bits per heavy atom. The van der Waals surface area contributed by atoms with Crippen molar-refractivity contribution in [2.75, 3.05) is 50.0 Å². The van der Waals surface area contributed by atoms with Crippen LogP contribution in [-0.4, -0.2) is 59.6 Å². The fourth-order valence-electron chi connectivity index (χ4n) is 2.99. The number of piperazine rings is 1. The van der Waals surface area contributed by atoms with E-state index in [1.54, 1.807) is 18.2 Å². The van der Waals surface area contributed by atoms with Gasteiger partial charge in [0.05, 0.1) is 4.92 Å². The molecule has 0 atom stereocenters. The van der Waals surface area contributed by atoms with Gasteiger partial charge in [0.15, 0.2) is 0 Å². The topological polar surface area (TPSA) is 87.4 Å². The molecule has 27 heavy (non-hydrogen) atoms. The first-order valence-corrected chi connectivity index (χ1v) is 9.32. The van der Waals surface area contributed by atoms with Crippen molar-refractivity contribution in [2.45, 2.75) is 6.42 Å². The van der Waals surface area contributed by atoms with Crippen LogP contribution < -0.4 is 10.2 Å². The van der Waals surface area contributed by atoms with E-state index < -0.39 is 4.92 Å². The molecule has 10 heteroatoms. The highest BCUT2D eigenvalue weighted by atomic mass is 35.5. The predicted octanol–water partition coefficient (Wildman–Crippen LogP) is 3.10. The zero-order chi connectivity index (χ0) is 19.4. The van der Waals surface area contributed by atoms with Crippen LogP contribution >= 0.6 is 23.2 Å². The highest BCUT2D eigenvalue weighted by Gasteiger charge is 2.28. The summed E-state index contributed by atoms with van der Waals surface area (Å²) in [4.78, 5) is 23.6. The van der Waals surface area contributed by atoms with Crippen molar-refractivity contribution in [1.29, 1.82) is 0 Å². The van der Waals surface area contributed by atoms with E-state index in [1.165, 1.54) is 6.33 Å². The van der Waals surface area contributed by atoms with Crippen molar-refractivity contribution in [1.82, 2.24) is 14.9 Å². The van der Waals surface area contributed by atoms with Gasteiger partial charge in [-0.15, -0.1) is 0 Å². The van der Waals surface area contributed by atoms with Crippen LogP contribution in [0.15, 0.2) is 24.5 Å². The van der Waals surface area contributed by atoms with E-state index in [2.05, 4.69) is 20.2 Å². The first-order valence-electron chi connectivity index (χ1n) is 8.57. The van der Waals surface area contributed by atoms with Gasteiger partial charge < -0.3 is 15.1 Å². The number of aromatic nitrogens is 2. The number of hydrogen-bond acceptors (Lipinski definition) is 7. The second-order valence-electron chi connectivity index (χ2n) is 6.32. The van der Waals surface area contributed by atoms with Gasteiger partial charge in [-0.25, -0.2) is 9.97 Å². The van der Waals surface area contributed by atoms with E-state index in [-0.39, 0.29) is 11.5 Å². The van der Waals surface area contributed by atoms with Crippen molar-refractivity contribution in [3.63, 3.8) is 0 Å². The molecule has 1 aromatic heterocycles. The van der Waals surface area contributed by atoms with Gasteiger partial charge in [-0.05, 0) is 31.2 Å². The van der Waals surface area contributed by atoms with Gasteiger partial charge in [-0.1, -0.05) is 29.3 Å². The first kappa shape index (κ1) is 19.6. The summed E-state index contributed by atoms with van der Waals surface area (Å²) < 4.78 is 0. The number of nitrogens with one attached hydrogen (secondary N) is 1. The van der Waals surface area contributed by atoms with Crippen LogP contribution in [0.1, 0.15) is 5.56 Å². The number of anilines is 2. The van der Waals surface area contributed by atoms with Crippen LogP contribution in [0.4, 0.5) is 17.3 Å². The van der Waals surface area contributed by atoms with E-state index in [4.69, 9.17) is 23.2 Å². The van der Waals surface area contributed by atoms with Crippen molar-refractivity contribution >= 4 is 40.5 Å². The Morgan fingerprint density at radius 3 is 2.48 bits per heavy atom. The van der Waals surface area contributed by atoms with Crippen LogP contribution in [0.25, 0.3) is 0 Å². The summed E-state index contributed by atoms with van der Waals surface area (Å²) in [5, 5.41) is 15.9. The molecule has 1 saturated heterocycles. The number of rotatable bonds is 6. The minimum absolute atomic E-state index is 0.104. The van der Waals surface area contributed by atoms with Gasteiger partial charge >= 0.3 is 5.69 Å². The number of halogens is 2. The molecule has 2 aromatic rings. The Bertz CT molecular complexity index is 807. The number of nitro groups is 1. The highest BCUT2D eigenvalue weighted by Crippen LogP contribution is 2.32. The summed E-state index contributed by atoms with van der Waals surface area (Å²) in [5.74, 6) is 0.550. The zero-order valence-corrected chi connectivity index (χ0v) is 16.4. The predicted molar refractivity (Wildman–Crippen MR) is 107 cm³/mol. The number of nitrogens with zero attached hydrogens (tertiary/aromatic N) is 5. The Morgan fingerprint density at radius 1 is 1.19 bits per heavy atom. The third-order valence-corrected chi connectivity index (χ3v) is 5.23. The SMILES string of the molecule is CN1CCN(c2ncnc(NCCc3c(Cl)cccc3Cl)c2[N+](=O)[O-])CC1. The molecule has 0 aliphatic carbocycles. The third kappa shape index (κ3) is 4.58. The Kier molecular flexibility index (Phi) is 6.30. The molecular weight excluding hydrogens is 391 g/mol. The van der Waals surface area contributed by atoms with Gasteiger partial charge in [0.1, 0.15) is 6.33 Å². The molecule has 0 bridgehead atoms. The average molecular weight is 411 g/mol. The van der Waals surface area contributed by atoms with E-state index in [0.29, 0.717) is 41.9 Å². The molecule has 0 amide bonds. The standard InChI is InChI=1S/C17H20Cl2N6O2/c1-23-7-9-24(10-8-23)17-15(25(26)27)16(21-11-22-17)20-6-5-12-13(18)3-2-4-14(12)19/h2-4,11H,5-10H2,1H3,(H,20,21,22).